The molecule has 1 amide bonds. The molecule has 0 saturated carbocycles. The monoisotopic (exact) mass is 233 g/mol. The minimum atomic E-state index is -0.167. The number of aryl methyl sites for hydroxylation is 2. The first-order chi connectivity index (χ1) is 7.66. The zero-order valence-electron chi connectivity index (χ0n) is 9.02. The van der Waals surface area contributed by atoms with E-state index in [1.807, 2.05) is 19.9 Å². The van der Waals surface area contributed by atoms with Crippen LogP contribution >= 0.6 is 11.3 Å². The molecule has 0 spiro atoms. The molecule has 2 heterocycles. The van der Waals surface area contributed by atoms with E-state index in [-0.39, 0.29) is 5.91 Å². The van der Waals surface area contributed by atoms with Crippen LogP contribution in [0.2, 0.25) is 0 Å². The Hall–Kier alpha value is -1.75. The molecule has 16 heavy (non-hydrogen) atoms. The third-order valence-electron chi connectivity index (χ3n) is 2.13. The number of carbonyl (C=O) groups excluding carboxylic acids is 1. The van der Waals surface area contributed by atoms with E-state index in [9.17, 15) is 4.79 Å². The minimum Gasteiger partial charge on any atom is -0.298 e. The summed E-state index contributed by atoms with van der Waals surface area (Å²) in [6.45, 7) is 3.83. The Kier molecular flexibility index (Phi) is 2.96. The largest absolute Gasteiger partial charge is 0.298 e. The van der Waals surface area contributed by atoms with Gasteiger partial charge in [-0.05, 0) is 25.5 Å². The molecule has 0 bridgehead atoms. The lowest BCUT2D eigenvalue weighted by atomic mass is 10.1. The third kappa shape index (κ3) is 2.25. The number of amides is 1. The van der Waals surface area contributed by atoms with Crippen molar-refractivity contribution >= 4 is 22.4 Å². The zero-order valence-corrected chi connectivity index (χ0v) is 9.84. The number of nitrogens with zero attached hydrogens (tertiary/aromatic N) is 2. The number of hydrogen-bond acceptors (Lipinski definition) is 4. The van der Waals surface area contributed by atoms with Crippen LogP contribution in [0.25, 0.3) is 0 Å². The van der Waals surface area contributed by atoms with Crippen molar-refractivity contribution in [3.05, 3.63) is 40.7 Å². The van der Waals surface area contributed by atoms with Gasteiger partial charge in [-0.15, -0.1) is 11.3 Å². The molecule has 5 heteroatoms. The molecule has 0 unspecified atom stereocenters. The lowest BCUT2D eigenvalue weighted by molar-refractivity contribution is 0.102. The van der Waals surface area contributed by atoms with Gasteiger partial charge in [0, 0.05) is 23.5 Å². The Balaban J connectivity index is 2.18. The van der Waals surface area contributed by atoms with Crippen molar-refractivity contribution in [2.45, 2.75) is 13.8 Å². The molecule has 4 nitrogen and oxygen atoms in total. The molecule has 0 aromatic carbocycles. The van der Waals surface area contributed by atoms with E-state index in [1.54, 1.807) is 18.6 Å². The first-order valence-electron chi connectivity index (χ1n) is 4.81. The maximum Gasteiger partial charge on any atom is 0.259 e. The molecule has 0 aliphatic rings. The molecular weight excluding hydrogens is 222 g/mol. The maximum absolute atomic E-state index is 11.9. The second kappa shape index (κ2) is 4.40. The average Bonchev–Trinajstić information content (AvgIpc) is 2.64. The summed E-state index contributed by atoms with van der Waals surface area (Å²) in [7, 11) is 0. The van der Waals surface area contributed by atoms with E-state index in [0.29, 0.717) is 10.7 Å². The highest BCUT2D eigenvalue weighted by Gasteiger charge is 2.10. The van der Waals surface area contributed by atoms with E-state index in [0.717, 1.165) is 10.4 Å². The fourth-order valence-corrected chi connectivity index (χ4v) is 1.94. The molecule has 2 aromatic heterocycles. The predicted octanol–water partition coefficient (Wildman–Crippen LogP) is 2.41. The molecule has 0 aliphatic heterocycles. The third-order valence-corrected chi connectivity index (χ3v) is 2.95. The van der Waals surface area contributed by atoms with Crippen LogP contribution in [-0.4, -0.2) is 15.9 Å². The summed E-state index contributed by atoms with van der Waals surface area (Å²) in [5.41, 5.74) is 1.48. The maximum atomic E-state index is 11.9. The summed E-state index contributed by atoms with van der Waals surface area (Å²) in [5, 5.41) is 3.36. The van der Waals surface area contributed by atoms with Crippen LogP contribution in [0.4, 0.5) is 5.13 Å². The van der Waals surface area contributed by atoms with Gasteiger partial charge in [0.2, 0.25) is 0 Å². The van der Waals surface area contributed by atoms with Crippen LogP contribution in [0.5, 0.6) is 0 Å². The number of pyridine rings is 1. The minimum absolute atomic E-state index is 0.167. The molecular formula is C11H11N3OS. The van der Waals surface area contributed by atoms with Crippen LogP contribution in [0.15, 0.2) is 24.7 Å². The SMILES string of the molecule is Cc1cnc(NC(=O)c2cnccc2C)s1. The van der Waals surface area contributed by atoms with Gasteiger partial charge in [-0.3, -0.25) is 15.1 Å². The predicted molar refractivity (Wildman–Crippen MR) is 63.8 cm³/mol. The fraction of sp³-hybridized carbons (Fsp3) is 0.182. The zero-order chi connectivity index (χ0) is 11.5. The standard InChI is InChI=1S/C11H11N3OS/c1-7-3-4-12-6-9(7)10(15)14-11-13-5-8(2)16-11/h3-6H,1-2H3,(H,13,14,15). The van der Waals surface area contributed by atoms with Gasteiger partial charge in [0.1, 0.15) is 0 Å². The number of anilines is 1. The van der Waals surface area contributed by atoms with E-state index < -0.39 is 0 Å². The lowest BCUT2D eigenvalue weighted by Crippen LogP contribution is -2.13. The van der Waals surface area contributed by atoms with Crippen LogP contribution in [0.3, 0.4) is 0 Å². The van der Waals surface area contributed by atoms with Crippen molar-refractivity contribution in [3.8, 4) is 0 Å². The second-order valence-electron chi connectivity index (χ2n) is 3.42. The van der Waals surface area contributed by atoms with Crippen molar-refractivity contribution in [2.75, 3.05) is 5.32 Å². The summed E-state index contributed by atoms with van der Waals surface area (Å²) < 4.78 is 0. The lowest BCUT2D eigenvalue weighted by Gasteiger charge is -2.03. The topological polar surface area (TPSA) is 54.9 Å². The molecule has 1 N–H and O–H groups in total. The number of thiazole rings is 1. The van der Waals surface area contributed by atoms with Gasteiger partial charge in [0.15, 0.2) is 5.13 Å². The van der Waals surface area contributed by atoms with E-state index in [1.165, 1.54) is 11.3 Å². The molecule has 0 aliphatic carbocycles. The summed E-state index contributed by atoms with van der Waals surface area (Å²) in [4.78, 5) is 20.9. The molecule has 0 radical (unpaired) electrons. The smallest absolute Gasteiger partial charge is 0.259 e. The van der Waals surface area contributed by atoms with Crippen molar-refractivity contribution in [3.63, 3.8) is 0 Å². The van der Waals surface area contributed by atoms with E-state index in [2.05, 4.69) is 15.3 Å². The molecule has 0 atom stereocenters. The van der Waals surface area contributed by atoms with Crippen LogP contribution in [0.1, 0.15) is 20.8 Å². The average molecular weight is 233 g/mol. The summed E-state index contributed by atoms with van der Waals surface area (Å²) in [6.07, 6.45) is 4.96. The van der Waals surface area contributed by atoms with Gasteiger partial charge in [0.05, 0.1) is 5.56 Å². The molecule has 0 fully saturated rings. The Morgan fingerprint density at radius 3 is 2.81 bits per heavy atom. The molecule has 2 aromatic rings. The van der Waals surface area contributed by atoms with Crippen LogP contribution in [-0.2, 0) is 0 Å². The number of rotatable bonds is 2. The highest BCUT2D eigenvalue weighted by Crippen LogP contribution is 2.17. The first-order valence-corrected chi connectivity index (χ1v) is 5.63. The quantitative estimate of drug-likeness (QED) is 0.866. The Labute approximate surface area is 97.4 Å². The van der Waals surface area contributed by atoms with Gasteiger partial charge < -0.3 is 0 Å². The van der Waals surface area contributed by atoms with Gasteiger partial charge in [-0.25, -0.2) is 4.98 Å². The normalized spacial score (nSPS) is 10.1. The van der Waals surface area contributed by atoms with Crippen LogP contribution in [0, 0.1) is 13.8 Å². The number of nitrogens with one attached hydrogen (secondary N) is 1. The first kappa shape index (κ1) is 10.8. The molecule has 2 rings (SSSR count). The number of carbonyl (C=O) groups is 1. The molecule has 0 saturated heterocycles. The van der Waals surface area contributed by atoms with Crippen molar-refractivity contribution in [2.24, 2.45) is 0 Å². The Morgan fingerprint density at radius 2 is 2.19 bits per heavy atom. The van der Waals surface area contributed by atoms with Gasteiger partial charge >= 0.3 is 0 Å². The number of hydrogen-bond donors (Lipinski definition) is 1. The van der Waals surface area contributed by atoms with Gasteiger partial charge in [-0.2, -0.15) is 0 Å². The van der Waals surface area contributed by atoms with Crippen molar-refractivity contribution < 1.29 is 4.79 Å². The highest BCUT2D eigenvalue weighted by molar-refractivity contribution is 7.15. The van der Waals surface area contributed by atoms with E-state index in [4.69, 9.17) is 0 Å². The summed E-state index contributed by atoms with van der Waals surface area (Å²) >= 11 is 1.45. The van der Waals surface area contributed by atoms with Crippen LogP contribution < -0.4 is 5.32 Å². The van der Waals surface area contributed by atoms with Gasteiger partial charge in [0.25, 0.3) is 5.91 Å². The highest BCUT2D eigenvalue weighted by atomic mass is 32.1. The van der Waals surface area contributed by atoms with E-state index >= 15 is 0 Å². The number of aromatic nitrogens is 2. The fourth-order valence-electron chi connectivity index (χ4n) is 1.28. The molecule has 82 valence electrons. The second-order valence-corrected chi connectivity index (χ2v) is 4.66. The van der Waals surface area contributed by atoms with Crippen molar-refractivity contribution in [1.29, 1.82) is 0 Å². The Bertz CT molecular complexity index is 521. The summed E-state index contributed by atoms with van der Waals surface area (Å²) in [6, 6.07) is 1.81. The van der Waals surface area contributed by atoms with Gasteiger partial charge in [-0.1, -0.05) is 0 Å². The van der Waals surface area contributed by atoms with Crippen molar-refractivity contribution in [1.82, 2.24) is 9.97 Å². The summed E-state index contributed by atoms with van der Waals surface area (Å²) in [5.74, 6) is -0.167. The Morgan fingerprint density at radius 1 is 1.38 bits per heavy atom.